The molecule has 0 aromatic heterocycles. The van der Waals surface area contributed by atoms with Gasteiger partial charge in [-0.1, -0.05) is 33.6 Å². The van der Waals surface area contributed by atoms with Crippen LogP contribution in [0.3, 0.4) is 0 Å². The minimum Gasteiger partial charge on any atom is -0.496 e. The summed E-state index contributed by atoms with van der Waals surface area (Å²) in [6, 6.07) is 11.5. The quantitative estimate of drug-likeness (QED) is 0.747. The number of hydrogen-bond acceptors (Lipinski definition) is 2. The molecule has 0 saturated heterocycles. The molecule has 2 nitrogen and oxygen atoms in total. The van der Waals surface area contributed by atoms with Crippen LogP contribution in [0.5, 0.6) is 5.75 Å². The summed E-state index contributed by atoms with van der Waals surface area (Å²) in [5.74, 6) is 0.811. The summed E-state index contributed by atoms with van der Waals surface area (Å²) in [6.07, 6.45) is 0.724. The average molecular weight is 420 g/mol. The summed E-state index contributed by atoms with van der Waals surface area (Å²) in [5.41, 5.74) is 8.42. The summed E-state index contributed by atoms with van der Waals surface area (Å²) in [5, 5.41) is 0.689. The third kappa shape index (κ3) is 3.76. The molecule has 2 aromatic rings. The van der Waals surface area contributed by atoms with E-state index in [-0.39, 0.29) is 6.04 Å². The van der Waals surface area contributed by atoms with E-state index >= 15 is 0 Å². The second-order valence-electron chi connectivity index (χ2n) is 4.45. The van der Waals surface area contributed by atoms with Gasteiger partial charge in [0.15, 0.2) is 0 Å². The maximum atomic E-state index is 6.28. The van der Waals surface area contributed by atoms with Crippen molar-refractivity contribution >= 4 is 43.5 Å². The smallest absolute Gasteiger partial charge is 0.133 e. The molecule has 5 heteroatoms. The molecule has 0 bridgehead atoms. The standard InChI is InChI=1S/C15H14Br2ClNO/c1-20-15-5-2-9(6-13(15)17)7-14(19)11-8-10(18)3-4-12(11)16/h2-6,8,14H,7,19H2,1H3. The van der Waals surface area contributed by atoms with Crippen molar-refractivity contribution in [2.45, 2.75) is 12.5 Å². The zero-order valence-electron chi connectivity index (χ0n) is 10.9. The van der Waals surface area contributed by atoms with Crippen LogP contribution < -0.4 is 10.5 Å². The van der Waals surface area contributed by atoms with Crippen molar-refractivity contribution in [2.75, 3.05) is 7.11 Å². The van der Waals surface area contributed by atoms with Crippen LogP contribution in [0.2, 0.25) is 5.02 Å². The Morgan fingerprint density at radius 3 is 2.55 bits per heavy atom. The number of halogens is 3. The van der Waals surface area contributed by atoms with Crippen LogP contribution >= 0.6 is 43.5 Å². The van der Waals surface area contributed by atoms with Crippen molar-refractivity contribution in [1.29, 1.82) is 0 Å². The van der Waals surface area contributed by atoms with Crippen LogP contribution in [-0.4, -0.2) is 7.11 Å². The summed E-state index contributed by atoms with van der Waals surface area (Å²) in [7, 11) is 1.65. The predicted molar refractivity (Wildman–Crippen MR) is 90.5 cm³/mol. The number of ether oxygens (including phenoxy) is 1. The first-order chi connectivity index (χ1) is 9.51. The van der Waals surface area contributed by atoms with E-state index in [1.165, 1.54) is 0 Å². The Kier molecular flexibility index (Phi) is 5.49. The van der Waals surface area contributed by atoms with Gasteiger partial charge in [0.2, 0.25) is 0 Å². The molecule has 0 fully saturated rings. The van der Waals surface area contributed by atoms with Crippen LogP contribution in [0, 0.1) is 0 Å². The molecule has 0 amide bonds. The first-order valence-corrected chi connectivity index (χ1v) is 8.00. The van der Waals surface area contributed by atoms with Crippen molar-refractivity contribution in [1.82, 2.24) is 0 Å². The third-order valence-electron chi connectivity index (χ3n) is 3.03. The van der Waals surface area contributed by atoms with Crippen molar-refractivity contribution in [3.8, 4) is 5.75 Å². The fraction of sp³-hybridized carbons (Fsp3) is 0.200. The van der Waals surface area contributed by atoms with Gasteiger partial charge < -0.3 is 10.5 Å². The normalized spacial score (nSPS) is 12.2. The number of nitrogens with two attached hydrogens (primary N) is 1. The van der Waals surface area contributed by atoms with E-state index in [4.69, 9.17) is 22.1 Å². The Bertz CT molecular complexity index is 619. The lowest BCUT2D eigenvalue weighted by Crippen LogP contribution is -2.14. The zero-order chi connectivity index (χ0) is 14.7. The SMILES string of the molecule is COc1ccc(CC(N)c2cc(Cl)ccc2Br)cc1Br. The van der Waals surface area contributed by atoms with Gasteiger partial charge in [0, 0.05) is 15.5 Å². The molecule has 0 spiro atoms. The summed E-state index contributed by atoms with van der Waals surface area (Å²) in [6.45, 7) is 0. The van der Waals surface area contributed by atoms with Gasteiger partial charge in [-0.05, 0) is 63.8 Å². The molecule has 1 unspecified atom stereocenters. The van der Waals surface area contributed by atoms with Gasteiger partial charge in [0.25, 0.3) is 0 Å². The van der Waals surface area contributed by atoms with E-state index in [1.54, 1.807) is 7.11 Å². The second kappa shape index (κ2) is 6.94. The highest BCUT2D eigenvalue weighted by molar-refractivity contribution is 9.10. The van der Waals surface area contributed by atoms with Crippen molar-refractivity contribution < 1.29 is 4.74 Å². The summed E-state index contributed by atoms with van der Waals surface area (Å²) >= 11 is 13.0. The Balaban J connectivity index is 2.21. The number of hydrogen-bond donors (Lipinski definition) is 1. The van der Waals surface area contributed by atoms with Crippen LogP contribution in [0.4, 0.5) is 0 Å². The minimum atomic E-state index is -0.122. The average Bonchev–Trinajstić information content (AvgIpc) is 2.41. The molecular weight excluding hydrogens is 405 g/mol. The molecule has 2 rings (SSSR count). The van der Waals surface area contributed by atoms with Crippen LogP contribution in [0.25, 0.3) is 0 Å². The molecule has 1 atom stereocenters. The fourth-order valence-electron chi connectivity index (χ4n) is 2.00. The van der Waals surface area contributed by atoms with Gasteiger partial charge in [-0.3, -0.25) is 0 Å². The molecule has 106 valence electrons. The maximum Gasteiger partial charge on any atom is 0.133 e. The monoisotopic (exact) mass is 417 g/mol. The number of rotatable bonds is 4. The predicted octanol–water partition coefficient (Wildman–Crippen LogP) is 5.12. The molecule has 0 aliphatic heterocycles. The first kappa shape index (κ1) is 15.8. The van der Waals surface area contributed by atoms with Crippen molar-refractivity contribution in [3.63, 3.8) is 0 Å². The highest BCUT2D eigenvalue weighted by atomic mass is 79.9. The molecule has 0 aliphatic carbocycles. The van der Waals surface area contributed by atoms with E-state index in [0.717, 1.165) is 32.2 Å². The maximum absolute atomic E-state index is 6.28. The Morgan fingerprint density at radius 1 is 1.15 bits per heavy atom. The fourth-order valence-corrected chi connectivity index (χ4v) is 3.31. The largest absolute Gasteiger partial charge is 0.496 e. The van der Waals surface area contributed by atoms with E-state index < -0.39 is 0 Å². The summed E-state index contributed by atoms with van der Waals surface area (Å²) < 4.78 is 7.12. The lowest BCUT2D eigenvalue weighted by atomic mass is 10.00. The van der Waals surface area contributed by atoms with Gasteiger partial charge >= 0.3 is 0 Å². The molecule has 2 N–H and O–H groups in total. The van der Waals surface area contributed by atoms with Gasteiger partial charge in [-0.2, -0.15) is 0 Å². The molecule has 0 radical (unpaired) electrons. The van der Waals surface area contributed by atoms with E-state index in [1.807, 2.05) is 36.4 Å². The molecule has 20 heavy (non-hydrogen) atoms. The third-order valence-corrected chi connectivity index (χ3v) is 4.61. The Labute approximate surface area is 140 Å². The van der Waals surface area contributed by atoms with Gasteiger partial charge in [0.05, 0.1) is 11.6 Å². The molecular formula is C15H14Br2ClNO. The molecule has 0 aliphatic rings. The highest BCUT2D eigenvalue weighted by Gasteiger charge is 2.12. The van der Waals surface area contributed by atoms with E-state index in [0.29, 0.717) is 5.02 Å². The molecule has 2 aromatic carbocycles. The van der Waals surface area contributed by atoms with Crippen LogP contribution in [-0.2, 0) is 6.42 Å². The van der Waals surface area contributed by atoms with Gasteiger partial charge in [-0.25, -0.2) is 0 Å². The first-order valence-electron chi connectivity index (χ1n) is 6.04. The van der Waals surface area contributed by atoms with Gasteiger partial charge in [-0.15, -0.1) is 0 Å². The number of methoxy groups -OCH3 is 1. The highest BCUT2D eigenvalue weighted by Crippen LogP contribution is 2.30. The Hall–Kier alpha value is -0.550. The van der Waals surface area contributed by atoms with Crippen molar-refractivity contribution in [3.05, 3.63) is 61.5 Å². The molecule has 0 saturated carbocycles. The second-order valence-corrected chi connectivity index (χ2v) is 6.59. The minimum absolute atomic E-state index is 0.122. The lowest BCUT2D eigenvalue weighted by Gasteiger charge is -2.15. The van der Waals surface area contributed by atoms with Crippen LogP contribution in [0.1, 0.15) is 17.2 Å². The van der Waals surface area contributed by atoms with Crippen molar-refractivity contribution in [2.24, 2.45) is 5.73 Å². The van der Waals surface area contributed by atoms with Gasteiger partial charge in [0.1, 0.15) is 5.75 Å². The lowest BCUT2D eigenvalue weighted by molar-refractivity contribution is 0.412. The Morgan fingerprint density at radius 2 is 1.90 bits per heavy atom. The molecule has 0 heterocycles. The number of benzene rings is 2. The zero-order valence-corrected chi connectivity index (χ0v) is 14.8. The van der Waals surface area contributed by atoms with E-state index in [9.17, 15) is 0 Å². The van der Waals surface area contributed by atoms with E-state index in [2.05, 4.69) is 31.9 Å². The topological polar surface area (TPSA) is 35.2 Å². The van der Waals surface area contributed by atoms with Crippen LogP contribution in [0.15, 0.2) is 45.3 Å². The summed E-state index contributed by atoms with van der Waals surface area (Å²) in [4.78, 5) is 0.